The van der Waals surface area contributed by atoms with E-state index in [4.69, 9.17) is 5.11 Å². The lowest BCUT2D eigenvalue weighted by Crippen LogP contribution is -2.37. The molecule has 0 bridgehead atoms. The molecule has 4 nitrogen and oxygen atoms in total. The van der Waals surface area contributed by atoms with Gasteiger partial charge in [-0.3, -0.25) is 9.59 Å². The molecule has 0 aliphatic rings. The van der Waals surface area contributed by atoms with Gasteiger partial charge in [-0.2, -0.15) is 0 Å². The van der Waals surface area contributed by atoms with Crippen LogP contribution in [0.2, 0.25) is 0 Å². The Kier molecular flexibility index (Phi) is 6.09. The van der Waals surface area contributed by atoms with E-state index in [1.54, 1.807) is 0 Å². The number of carbonyl (C=O) groups is 2. The van der Waals surface area contributed by atoms with Gasteiger partial charge in [0.05, 0.1) is 12.0 Å². The van der Waals surface area contributed by atoms with E-state index in [0.717, 1.165) is 31.0 Å². The molecule has 1 rings (SSSR count). The van der Waals surface area contributed by atoms with Crippen molar-refractivity contribution in [3.8, 4) is 0 Å². The van der Waals surface area contributed by atoms with Gasteiger partial charge in [0.25, 0.3) is 5.91 Å². The largest absolute Gasteiger partial charge is 0.481 e. The fraction of sp³-hybridized carbons (Fsp3) is 0.429. The molecule has 1 aromatic carbocycles. The third-order valence-electron chi connectivity index (χ3n) is 2.84. The Labute approximate surface area is 115 Å². The smallest absolute Gasteiger partial charge is 0.305 e. The molecule has 1 unspecified atom stereocenters. The van der Waals surface area contributed by atoms with E-state index >= 15 is 0 Å². The summed E-state index contributed by atoms with van der Waals surface area (Å²) in [6.45, 7) is 1.94. The quantitative estimate of drug-likeness (QED) is 0.809. The SMILES string of the molecule is CCCCC(CC(=O)O)NC(=O)c1cc(F)ccc1F. The number of carboxylic acids is 1. The van der Waals surface area contributed by atoms with Crippen molar-refractivity contribution in [3.63, 3.8) is 0 Å². The van der Waals surface area contributed by atoms with Crippen LogP contribution in [0.1, 0.15) is 43.0 Å². The van der Waals surface area contributed by atoms with Crippen molar-refractivity contribution < 1.29 is 23.5 Å². The zero-order valence-electron chi connectivity index (χ0n) is 11.2. The number of unbranched alkanes of at least 4 members (excludes halogenated alkanes) is 1. The highest BCUT2D eigenvalue weighted by Crippen LogP contribution is 2.11. The molecule has 0 saturated carbocycles. The Balaban J connectivity index is 2.78. The van der Waals surface area contributed by atoms with Crippen molar-refractivity contribution in [2.45, 2.75) is 38.6 Å². The number of benzene rings is 1. The molecule has 1 aromatic rings. The zero-order chi connectivity index (χ0) is 15.1. The third-order valence-corrected chi connectivity index (χ3v) is 2.84. The molecule has 1 atom stereocenters. The second-order valence-corrected chi connectivity index (χ2v) is 4.53. The van der Waals surface area contributed by atoms with Crippen LogP contribution in [0.5, 0.6) is 0 Å². The van der Waals surface area contributed by atoms with Crippen LogP contribution in [0.4, 0.5) is 8.78 Å². The van der Waals surface area contributed by atoms with Crippen molar-refractivity contribution in [1.82, 2.24) is 5.32 Å². The van der Waals surface area contributed by atoms with Crippen LogP contribution in [-0.4, -0.2) is 23.0 Å². The van der Waals surface area contributed by atoms with Crippen molar-refractivity contribution in [2.24, 2.45) is 0 Å². The van der Waals surface area contributed by atoms with E-state index in [1.807, 2.05) is 6.92 Å². The van der Waals surface area contributed by atoms with Crippen LogP contribution in [0.25, 0.3) is 0 Å². The van der Waals surface area contributed by atoms with E-state index in [1.165, 1.54) is 0 Å². The number of aliphatic carboxylic acids is 1. The lowest BCUT2D eigenvalue weighted by atomic mass is 10.1. The first-order chi connectivity index (χ1) is 9.43. The summed E-state index contributed by atoms with van der Waals surface area (Å²) < 4.78 is 26.5. The van der Waals surface area contributed by atoms with Crippen LogP contribution in [0, 0.1) is 11.6 Å². The number of nitrogens with one attached hydrogen (secondary N) is 1. The number of amides is 1. The summed E-state index contributed by atoms with van der Waals surface area (Å²) in [6.07, 6.45) is 1.82. The Morgan fingerprint density at radius 2 is 2.05 bits per heavy atom. The van der Waals surface area contributed by atoms with Crippen LogP contribution >= 0.6 is 0 Å². The molecule has 1 amide bonds. The Morgan fingerprint density at radius 3 is 2.65 bits per heavy atom. The molecule has 2 N–H and O–H groups in total. The van der Waals surface area contributed by atoms with Crippen LogP contribution < -0.4 is 5.32 Å². The molecular formula is C14H17F2NO3. The molecule has 20 heavy (non-hydrogen) atoms. The molecule has 6 heteroatoms. The number of hydrogen-bond donors (Lipinski definition) is 2. The van der Waals surface area contributed by atoms with Crippen molar-refractivity contribution in [1.29, 1.82) is 0 Å². The van der Waals surface area contributed by atoms with Gasteiger partial charge in [0.2, 0.25) is 0 Å². The first kappa shape index (κ1) is 16.1. The molecule has 0 fully saturated rings. The molecule has 0 aliphatic carbocycles. The molecule has 0 spiro atoms. The molecule has 0 radical (unpaired) electrons. The van der Waals surface area contributed by atoms with Crippen LogP contribution in [0.3, 0.4) is 0 Å². The van der Waals surface area contributed by atoms with Crippen LogP contribution in [0.15, 0.2) is 18.2 Å². The average molecular weight is 285 g/mol. The highest BCUT2D eigenvalue weighted by molar-refractivity contribution is 5.94. The van der Waals surface area contributed by atoms with Gasteiger partial charge in [0.15, 0.2) is 0 Å². The minimum atomic E-state index is -1.05. The molecule has 0 aromatic heterocycles. The van der Waals surface area contributed by atoms with Gasteiger partial charge in [-0.1, -0.05) is 19.8 Å². The summed E-state index contributed by atoms with van der Waals surface area (Å²) in [5.74, 6) is -3.41. The van der Waals surface area contributed by atoms with Gasteiger partial charge in [0.1, 0.15) is 11.6 Å². The van der Waals surface area contributed by atoms with Gasteiger partial charge >= 0.3 is 5.97 Å². The summed E-state index contributed by atoms with van der Waals surface area (Å²) in [7, 11) is 0. The maximum absolute atomic E-state index is 13.4. The number of carbonyl (C=O) groups excluding carboxylic acids is 1. The van der Waals surface area contributed by atoms with E-state index < -0.39 is 35.1 Å². The lowest BCUT2D eigenvalue weighted by Gasteiger charge is -2.16. The van der Waals surface area contributed by atoms with Crippen molar-refractivity contribution >= 4 is 11.9 Å². The Morgan fingerprint density at radius 1 is 1.35 bits per heavy atom. The predicted molar refractivity (Wildman–Crippen MR) is 69.4 cm³/mol. The van der Waals surface area contributed by atoms with E-state index in [9.17, 15) is 18.4 Å². The Bertz CT molecular complexity index is 491. The molecular weight excluding hydrogens is 268 g/mol. The molecule has 0 saturated heterocycles. The van der Waals surface area contributed by atoms with E-state index in [0.29, 0.717) is 6.42 Å². The van der Waals surface area contributed by atoms with E-state index in [-0.39, 0.29) is 6.42 Å². The summed E-state index contributed by atoms with van der Waals surface area (Å²) in [5.41, 5.74) is -0.420. The van der Waals surface area contributed by atoms with Crippen molar-refractivity contribution in [2.75, 3.05) is 0 Å². The maximum atomic E-state index is 13.4. The Hall–Kier alpha value is -1.98. The second kappa shape index (κ2) is 7.57. The normalized spacial score (nSPS) is 11.9. The minimum absolute atomic E-state index is 0.247. The van der Waals surface area contributed by atoms with Gasteiger partial charge in [0, 0.05) is 6.04 Å². The average Bonchev–Trinajstić information content (AvgIpc) is 2.38. The first-order valence-corrected chi connectivity index (χ1v) is 6.41. The predicted octanol–water partition coefficient (Wildman–Crippen LogP) is 2.73. The molecule has 110 valence electrons. The van der Waals surface area contributed by atoms with Gasteiger partial charge in [-0.15, -0.1) is 0 Å². The summed E-state index contributed by atoms with van der Waals surface area (Å²) in [4.78, 5) is 22.6. The number of hydrogen-bond acceptors (Lipinski definition) is 2. The number of rotatable bonds is 7. The summed E-state index contributed by atoms with van der Waals surface area (Å²) in [6, 6.07) is 1.98. The van der Waals surface area contributed by atoms with E-state index in [2.05, 4.69) is 5.32 Å². The van der Waals surface area contributed by atoms with Gasteiger partial charge in [-0.05, 0) is 24.6 Å². The zero-order valence-corrected chi connectivity index (χ0v) is 11.2. The standard InChI is InChI=1S/C14H17F2NO3/c1-2-3-4-10(8-13(18)19)17-14(20)11-7-9(15)5-6-12(11)16/h5-7,10H,2-4,8H2,1H3,(H,17,20)(H,18,19). The number of halogens is 2. The monoisotopic (exact) mass is 285 g/mol. The number of carboxylic acid groups (broad SMARTS) is 1. The topological polar surface area (TPSA) is 66.4 Å². The second-order valence-electron chi connectivity index (χ2n) is 4.53. The minimum Gasteiger partial charge on any atom is -0.481 e. The van der Waals surface area contributed by atoms with Crippen molar-refractivity contribution in [3.05, 3.63) is 35.4 Å². The highest BCUT2D eigenvalue weighted by atomic mass is 19.1. The summed E-state index contributed by atoms with van der Waals surface area (Å²) >= 11 is 0. The molecule has 0 aliphatic heterocycles. The van der Waals surface area contributed by atoms with Crippen LogP contribution in [-0.2, 0) is 4.79 Å². The lowest BCUT2D eigenvalue weighted by molar-refractivity contribution is -0.137. The third kappa shape index (κ3) is 4.95. The fourth-order valence-corrected chi connectivity index (χ4v) is 1.82. The maximum Gasteiger partial charge on any atom is 0.305 e. The first-order valence-electron chi connectivity index (χ1n) is 6.41. The fourth-order valence-electron chi connectivity index (χ4n) is 1.82. The van der Waals surface area contributed by atoms with Gasteiger partial charge in [-0.25, -0.2) is 8.78 Å². The van der Waals surface area contributed by atoms with Gasteiger partial charge < -0.3 is 10.4 Å². The highest BCUT2D eigenvalue weighted by Gasteiger charge is 2.19. The molecule has 0 heterocycles. The summed E-state index contributed by atoms with van der Waals surface area (Å²) in [5, 5.41) is 11.2.